The van der Waals surface area contributed by atoms with Crippen LogP contribution in [0.2, 0.25) is 0 Å². The lowest BCUT2D eigenvalue weighted by molar-refractivity contribution is -0.123. The number of carbonyl (C=O) groups is 4. The first kappa shape index (κ1) is 26.9. The van der Waals surface area contributed by atoms with Gasteiger partial charge in [-0.15, -0.1) is 0 Å². The molecule has 0 spiro atoms. The SMILES string of the molecule is O=C1C[C@@H](NCCN2CCOCC2)C(=O)N1c1ccc(N2C(=O)C[C@@H](NCCN3CCOCC3)C2=O)cc1. The van der Waals surface area contributed by atoms with Gasteiger partial charge in [-0.25, -0.2) is 9.80 Å². The zero-order valence-corrected chi connectivity index (χ0v) is 21.6. The summed E-state index contributed by atoms with van der Waals surface area (Å²) in [5.74, 6) is -1.13. The number of carbonyl (C=O) groups excluding carboxylic acids is 4. The normalized spacial score (nSPS) is 25.7. The molecule has 0 saturated carbocycles. The van der Waals surface area contributed by atoms with Crippen LogP contribution in [0.3, 0.4) is 0 Å². The van der Waals surface area contributed by atoms with Crippen molar-refractivity contribution in [2.75, 3.05) is 88.6 Å². The molecule has 206 valence electrons. The van der Waals surface area contributed by atoms with Crippen molar-refractivity contribution < 1.29 is 28.7 Å². The highest BCUT2D eigenvalue weighted by Crippen LogP contribution is 2.28. The van der Waals surface area contributed by atoms with Crippen LogP contribution in [-0.4, -0.2) is 124 Å². The van der Waals surface area contributed by atoms with Crippen LogP contribution in [0.4, 0.5) is 11.4 Å². The molecule has 0 bridgehead atoms. The van der Waals surface area contributed by atoms with Gasteiger partial charge in [0.1, 0.15) is 0 Å². The third kappa shape index (κ3) is 6.11. The molecule has 38 heavy (non-hydrogen) atoms. The second kappa shape index (κ2) is 12.4. The number of anilines is 2. The molecule has 1 aromatic rings. The zero-order chi connectivity index (χ0) is 26.5. The molecule has 4 heterocycles. The molecule has 12 heteroatoms. The quantitative estimate of drug-likeness (QED) is 0.358. The molecule has 4 aliphatic heterocycles. The number of nitrogens with zero attached hydrogens (tertiary/aromatic N) is 4. The fourth-order valence-corrected chi connectivity index (χ4v) is 5.32. The molecular formula is C26H36N6O6. The van der Waals surface area contributed by atoms with Gasteiger partial charge in [-0.2, -0.15) is 0 Å². The van der Waals surface area contributed by atoms with Gasteiger partial charge in [0.15, 0.2) is 0 Å². The van der Waals surface area contributed by atoms with E-state index in [1.165, 1.54) is 9.80 Å². The summed E-state index contributed by atoms with van der Waals surface area (Å²) in [6.07, 6.45) is 0.204. The fraction of sp³-hybridized carbons (Fsp3) is 0.615. The fourth-order valence-electron chi connectivity index (χ4n) is 5.32. The summed E-state index contributed by atoms with van der Waals surface area (Å²) in [4.78, 5) is 58.2. The number of nitrogens with one attached hydrogen (secondary N) is 2. The van der Waals surface area contributed by atoms with E-state index < -0.39 is 12.1 Å². The lowest BCUT2D eigenvalue weighted by Gasteiger charge is -2.27. The topological polar surface area (TPSA) is 124 Å². The van der Waals surface area contributed by atoms with Gasteiger partial charge in [0.05, 0.1) is 62.7 Å². The molecule has 4 fully saturated rings. The smallest absolute Gasteiger partial charge is 0.251 e. The maximum absolute atomic E-state index is 13.0. The van der Waals surface area contributed by atoms with E-state index in [0.717, 1.165) is 39.3 Å². The Labute approximate surface area is 222 Å². The van der Waals surface area contributed by atoms with Crippen LogP contribution in [0.5, 0.6) is 0 Å². The highest BCUT2D eigenvalue weighted by molar-refractivity contribution is 6.24. The summed E-state index contributed by atoms with van der Waals surface area (Å²) in [5, 5.41) is 6.42. The Morgan fingerprint density at radius 1 is 0.632 bits per heavy atom. The molecule has 12 nitrogen and oxygen atoms in total. The average molecular weight is 529 g/mol. The van der Waals surface area contributed by atoms with E-state index in [-0.39, 0.29) is 36.5 Å². The number of hydrogen-bond acceptors (Lipinski definition) is 10. The van der Waals surface area contributed by atoms with Crippen molar-refractivity contribution >= 4 is 35.0 Å². The van der Waals surface area contributed by atoms with Crippen molar-refractivity contribution in [3.05, 3.63) is 24.3 Å². The minimum atomic E-state index is -0.561. The molecule has 0 radical (unpaired) electrons. The number of amides is 4. The monoisotopic (exact) mass is 528 g/mol. The van der Waals surface area contributed by atoms with Gasteiger partial charge >= 0.3 is 0 Å². The zero-order valence-electron chi connectivity index (χ0n) is 21.6. The average Bonchev–Trinajstić information content (AvgIpc) is 3.38. The number of imide groups is 2. The number of benzene rings is 1. The molecule has 1 aromatic carbocycles. The van der Waals surface area contributed by atoms with E-state index in [4.69, 9.17) is 9.47 Å². The molecule has 2 N–H and O–H groups in total. The summed E-state index contributed by atoms with van der Waals surface area (Å²) in [5.41, 5.74) is 0.862. The van der Waals surface area contributed by atoms with E-state index >= 15 is 0 Å². The Morgan fingerprint density at radius 2 is 1.00 bits per heavy atom. The van der Waals surface area contributed by atoms with E-state index in [0.29, 0.717) is 50.9 Å². The largest absolute Gasteiger partial charge is 0.379 e. The van der Waals surface area contributed by atoms with Crippen LogP contribution in [-0.2, 0) is 28.7 Å². The van der Waals surface area contributed by atoms with Crippen molar-refractivity contribution in [1.82, 2.24) is 20.4 Å². The van der Waals surface area contributed by atoms with Crippen molar-refractivity contribution in [3.8, 4) is 0 Å². The molecule has 0 aromatic heterocycles. The molecule has 0 aliphatic carbocycles. The summed E-state index contributed by atoms with van der Waals surface area (Å²) >= 11 is 0. The van der Waals surface area contributed by atoms with Gasteiger partial charge in [0, 0.05) is 52.4 Å². The molecule has 0 unspecified atom stereocenters. The number of morpholine rings is 2. The summed E-state index contributed by atoms with van der Waals surface area (Å²) in [6, 6.07) is 5.33. The van der Waals surface area contributed by atoms with Crippen LogP contribution >= 0.6 is 0 Å². The predicted molar refractivity (Wildman–Crippen MR) is 139 cm³/mol. The standard InChI is InChI=1S/C26H36N6O6/c33-23-17-21(27-5-7-29-9-13-37-14-10-29)25(35)31(23)19-1-2-20(4-3-19)32-24(34)18-22(26(32)36)28-6-8-30-11-15-38-16-12-30/h1-4,21-22,27-28H,5-18H2/t21-,22-/m1/s1. The molecule has 4 amide bonds. The highest BCUT2D eigenvalue weighted by atomic mass is 16.5. The maximum atomic E-state index is 13.0. The lowest BCUT2D eigenvalue weighted by atomic mass is 10.2. The van der Waals surface area contributed by atoms with Crippen LogP contribution in [0.25, 0.3) is 0 Å². The summed E-state index contributed by atoms with van der Waals surface area (Å²) in [7, 11) is 0. The van der Waals surface area contributed by atoms with Crippen LogP contribution in [0.15, 0.2) is 24.3 Å². The molecule has 4 aliphatic rings. The van der Waals surface area contributed by atoms with Gasteiger partial charge < -0.3 is 20.1 Å². The van der Waals surface area contributed by atoms with E-state index in [1.54, 1.807) is 24.3 Å². The van der Waals surface area contributed by atoms with Crippen LogP contribution < -0.4 is 20.4 Å². The first-order valence-corrected chi connectivity index (χ1v) is 13.4. The van der Waals surface area contributed by atoms with Gasteiger partial charge in [-0.1, -0.05) is 0 Å². The number of rotatable bonds is 10. The second-order valence-electron chi connectivity index (χ2n) is 9.98. The van der Waals surface area contributed by atoms with Crippen molar-refractivity contribution in [3.63, 3.8) is 0 Å². The second-order valence-corrected chi connectivity index (χ2v) is 9.98. The third-order valence-electron chi connectivity index (χ3n) is 7.50. The van der Waals surface area contributed by atoms with Gasteiger partial charge in [0.2, 0.25) is 11.8 Å². The molecule has 5 rings (SSSR count). The van der Waals surface area contributed by atoms with E-state index in [1.807, 2.05) is 0 Å². The van der Waals surface area contributed by atoms with Crippen molar-refractivity contribution in [2.45, 2.75) is 24.9 Å². The first-order valence-electron chi connectivity index (χ1n) is 13.4. The molecular weight excluding hydrogens is 492 g/mol. The number of ether oxygens (including phenoxy) is 2. The molecule has 2 atom stereocenters. The Bertz CT molecular complexity index is 943. The van der Waals surface area contributed by atoms with Gasteiger partial charge in [-0.3, -0.25) is 29.0 Å². The summed E-state index contributed by atoms with van der Waals surface area (Å²) < 4.78 is 10.7. The number of hydrogen-bond donors (Lipinski definition) is 2. The Kier molecular flexibility index (Phi) is 8.77. The van der Waals surface area contributed by atoms with Crippen molar-refractivity contribution in [2.24, 2.45) is 0 Å². The Hall–Kier alpha value is -2.74. The lowest BCUT2D eigenvalue weighted by Crippen LogP contribution is -2.44. The predicted octanol–water partition coefficient (Wildman–Crippen LogP) is -1.21. The third-order valence-corrected chi connectivity index (χ3v) is 7.50. The van der Waals surface area contributed by atoms with E-state index in [9.17, 15) is 19.2 Å². The van der Waals surface area contributed by atoms with E-state index in [2.05, 4.69) is 20.4 Å². The Balaban J connectivity index is 1.13. The van der Waals surface area contributed by atoms with Crippen LogP contribution in [0, 0.1) is 0 Å². The minimum Gasteiger partial charge on any atom is -0.379 e. The van der Waals surface area contributed by atoms with Gasteiger partial charge in [0.25, 0.3) is 11.8 Å². The van der Waals surface area contributed by atoms with Crippen LogP contribution in [0.1, 0.15) is 12.8 Å². The Morgan fingerprint density at radius 3 is 1.37 bits per heavy atom. The first-order chi connectivity index (χ1) is 18.5. The van der Waals surface area contributed by atoms with Crippen molar-refractivity contribution in [1.29, 1.82) is 0 Å². The summed E-state index contributed by atoms with van der Waals surface area (Å²) in [6.45, 7) is 9.11. The van der Waals surface area contributed by atoms with Gasteiger partial charge in [-0.05, 0) is 24.3 Å². The molecule has 4 saturated heterocycles. The maximum Gasteiger partial charge on any atom is 0.251 e. The highest BCUT2D eigenvalue weighted by Gasteiger charge is 2.41. The minimum absolute atomic E-state index is 0.102.